The number of carbonyl (C=O) groups excluding carboxylic acids is 2. The Morgan fingerprint density at radius 3 is 2.55 bits per heavy atom. The zero-order valence-corrected chi connectivity index (χ0v) is 17.5. The van der Waals surface area contributed by atoms with Crippen LogP contribution < -0.4 is 5.32 Å². The molecule has 2 aromatic rings. The van der Waals surface area contributed by atoms with E-state index in [9.17, 15) is 9.59 Å². The highest BCUT2D eigenvalue weighted by Gasteiger charge is 2.31. The molecule has 0 unspecified atom stereocenters. The second-order valence-electron chi connectivity index (χ2n) is 8.10. The van der Waals surface area contributed by atoms with Gasteiger partial charge in [-0.25, -0.2) is 4.79 Å². The Kier molecular flexibility index (Phi) is 5.30. The molecule has 0 bridgehead atoms. The molecule has 0 spiro atoms. The standard InChI is InChI=1S/C22H29N5O2/c1-15-8-7-9-18(16(15)2)23-22(29)27-13-10-19-17(14-27)20(24-25(19)3)21(28)26-11-5-4-6-12-26/h7-9H,4-6,10-14H2,1-3H3,(H,23,29). The number of piperidine rings is 1. The molecule has 4 rings (SSSR count). The lowest BCUT2D eigenvalue weighted by atomic mass is 10.0. The van der Waals surface area contributed by atoms with Crippen molar-refractivity contribution in [3.05, 3.63) is 46.3 Å². The van der Waals surface area contributed by atoms with E-state index < -0.39 is 0 Å². The molecule has 0 aliphatic carbocycles. The van der Waals surface area contributed by atoms with Crippen LogP contribution in [0, 0.1) is 13.8 Å². The third kappa shape index (κ3) is 3.73. The number of urea groups is 1. The molecular weight excluding hydrogens is 366 g/mol. The summed E-state index contributed by atoms with van der Waals surface area (Å²) in [6, 6.07) is 5.77. The maximum Gasteiger partial charge on any atom is 0.322 e. The number of anilines is 1. The van der Waals surface area contributed by atoms with Gasteiger partial charge in [0.2, 0.25) is 0 Å². The van der Waals surface area contributed by atoms with E-state index in [1.54, 1.807) is 4.90 Å². The summed E-state index contributed by atoms with van der Waals surface area (Å²) in [5.41, 5.74) is 5.50. The minimum Gasteiger partial charge on any atom is -0.337 e. The fourth-order valence-corrected chi connectivity index (χ4v) is 4.27. The molecule has 0 saturated carbocycles. The number of nitrogens with zero attached hydrogens (tertiary/aromatic N) is 4. The minimum atomic E-state index is -0.135. The number of hydrogen-bond acceptors (Lipinski definition) is 3. The lowest BCUT2D eigenvalue weighted by Gasteiger charge is -2.29. The predicted octanol–water partition coefficient (Wildman–Crippen LogP) is 3.25. The summed E-state index contributed by atoms with van der Waals surface area (Å²) in [6.07, 6.45) is 3.97. The number of amides is 3. The van der Waals surface area contributed by atoms with Crippen LogP contribution in [0.25, 0.3) is 0 Å². The molecule has 1 saturated heterocycles. The van der Waals surface area contributed by atoms with Gasteiger partial charge in [0, 0.05) is 50.0 Å². The first-order valence-electron chi connectivity index (χ1n) is 10.4. The molecule has 7 nitrogen and oxygen atoms in total. The second kappa shape index (κ2) is 7.89. The Morgan fingerprint density at radius 2 is 1.79 bits per heavy atom. The Labute approximate surface area is 171 Å². The normalized spacial score (nSPS) is 16.5. The zero-order valence-electron chi connectivity index (χ0n) is 17.5. The predicted molar refractivity (Wildman–Crippen MR) is 112 cm³/mol. The highest BCUT2D eigenvalue weighted by molar-refractivity contribution is 5.95. The molecule has 3 heterocycles. The number of aromatic nitrogens is 2. The van der Waals surface area contributed by atoms with Gasteiger partial charge in [0.1, 0.15) is 0 Å². The molecular formula is C22H29N5O2. The third-order valence-corrected chi connectivity index (χ3v) is 6.22. The van der Waals surface area contributed by atoms with Crippen LogP contribution >= 0.6 is 0 Å². The topological polar surface area (TPSA) is 70.5 Å². The Bertz CT molecular complexity index is 943. The molecule has 2 aliphatic heterocycles. The number of aryl methyl sites for hydroxylation is 2. The Balaban J connectivity index is 1.53. The van der Waals surface area contributed by atoms with Crippen molar-refractivity contribution in [1.29, 1.82) is 0 Å². The van der Waals surface area contributed by atoms with Crippen molar-refractivity contribution in [3.8, 4) is 0 Å². The summed E-state index contributed by atoms with van der Waals surface area (Å²) < 4.78 is 1.81. The molecule has 1 aromatic carbocycles. The second-order valence-corrected chi connectivity index (χ2v) is 8.10. The maximum atomic E-state index is 13.1. The van der Waals surface area contributed by atoms with Gasteiger partial charge in [0.05, 0.1) is 6.54 Å². The van der Waals surface area contributed by atoms with Crippen molar-refractivity contribution in [3.63, 3.8) is 0 Å². The van der Waals surface area contributed by atoms with Gasteiger partial charge in [-0.3, -0.25) is 9.48 Å². The molecule has 2 aliphatic rings. The average Bonchev–Trinajstić information content (AvgIpc) is 3.07. The summed E-state index contributed by atoms with van der Waals surface area (Å²) in [4.78, 5) is 29.7. The van der Waals surface area contributed by atoms with Crippen LogP contribution in [0.4, 0.5) is 10.5 Å². The van der Waals surface area contributed by atoms with Gasteiger partial charge >= 0.3 is 6.03 Å². The van der Waals surface area contributed by atoms with E-state index in [4.69, 9.17) is 0 Å². The van der Waals surface area contributed by atoms with Gasteiger partial charge in [0.15, 0.2) is 5.69 Å². The SMILES string of the molecule is Cc1cccc(NC(=O)N2CCc3c(c(C(=O)N4CCCCC4)nn3C)C2)c1C. The fourth-order valence-electron chi connectivity index (χ4n) is 4.27. The van der Waals surface area contributed by atoms with Crippen molar-refractivity contribution < 1.29 is 9.59 Å². The molecule has 1 aromatic heterocycles. The van der Waals surface area contributed by atoms with Gasteiger partial charge in [0.25, 0.3) is 5.91 Å². The highest BCUT2D eigenvalue weighted by Crippen LogP contribution is 2.25. The van der Waals surface area contributed by atoms with Crippen molar-refractivity contribution in [2.75, 3.05) is 25.0 Å². The first-order chi connectivity index (χ1) is 14.0. The summed E-state index contributed by atoms with van der Waals surface area (Å²) in [5, 5.41) is 7.57. The fraction of sp³-hybridized carbons (Fsp3) is 0.500. The summed E-state index contributed by atoms with van der Waals surface area (Å²) in [7, 11) is 1.89. The van der Waals surface area contributed by atoms with Gasteiger partial charge in [-0.2, -0.15) is 5.10 Å². The van der Waals surface area contributed by atoms with Gasteiger partial charge in [-0.1, -0.05) is 12.1 Å². The summed E-state index contributed by atoms with van der Waals surface area (Å²) >= 11 is 0. The van der Waals surface area contributed by atoms with Crippen molar-refractivity contribution >= 4 is 17.6 Å². The lowest BCUT2D eigenvalue weighted by molar-refractivity contribution is 0.0715. The van der Waals surface area contributed by atoms with Crippen LogP contribution in [-0.4, -0.2) is 51.2 Å². The van der Waals surface area contributed by atoms with Crippen LogP contribution in [0.5, 0.6) is 0 Å². The quantitative estimate of drug-likeness (QED) is 0.849. The molecule has 154 valence electrons. The van der Waals surface area contributed by atoms with Crippen LogP contribution in [0.3, 0.4) is 0 Å². The van der Waals surface area contributed by atoms with E-state index in [1.165, 1.54) is 6.42 Å². The van der Waals surface area contributed by atoms with Crippen molar-refractivity contribution in [1.82, 2.24) is 19.6 Å². The molecule has 0 atom stereocenters. The van der Waals surface area contributed by atoms with Crippen LogP contribution in [0.15, 0.2) is 18.2 Å². The molecule has 29 heavy (non-hydrogen) atoms. The number of carbonyl (C=O) groups is 2. The Hall–Kier alpha value is -2.83. The Morgan fingerprint density at radius 1 is 1.03 bits per heavy atom. The van der Waals surface area contributed by atoms with Crippen LogP contribution in [-0.2, 0) is 20.0 Å². The number of hydrogen-bond donors (Lipinski definition) is 1. The first kappa shape index (κ1) is 19.5. The largest absolute Gasteiger partial charge is 0.337 e. The number of benzene rings is 1. The molecule has 3 amide bonds. The number of nitrogens with one attached hydrogen (secondary N) is 1. The molecule has 1 N–H and O–H groups in total. The monoisotopic (exact) mass is 395 g/mol. The minimum absolute atomic E-state index is 0.00154. The number of likely N-dealkylation sites (tertiary alicyclic amines) is 1. The molecule has 1 fully saturated rings. The highest BCUT2D eigenvalue weighted by atomic mass is 16.2. The van der Waals surface area contributed by atoms with E-state index in [1.807, 2.05) is 48.7 Å². The zero-order chi connectivity index (χ0) is 20.5. The smallest absolute Gasteiger partial charge is 0.322 e. The van der Waals surface area contributed by atoms with Crippen molar-refractivity contribution in [2.24, 2.45) is 7.05 Å². The van der Waals surface area contributed by atoms with Crippen LogP contribution in [0.2, 0.25) is 0 Å². The van der Waals surface area contributed by atoms with Crippen molar-refractivity contribution in [2.45, 2.75) is 46.1 Å². The first-order valence-corrected chi connectivity index (χ1v) is 10.4. The van der Waals surface area contributed by atoms with Gasteiger partial charge in [-0.15, -0.1) is 0 Å². The van der Waals surface area contributed by atoms with Gasteiger partial charge in [-0.05, 0) is 50.3 Å². The van der Waals surface area contributed by atoms with E-state index >= 15 is 0 Å². The number of fused-ring (bicyclic) bond motifs is 1. The molecule has 7 heteroatoms. The average molecular weight is 396 g/mol. The van der Waals surface area contributed by atoms with Crippen LogP contribution in [0.1, 0.15) is 52.1 Å². The van der Waals surface area contributed by atoms with E-state index in [2.05, 4.69) is 10.4 Å². The lowest BCUT2D eigenvalue weighted by Crippen LogP contribution is -2.40. The van der Waals surface area contributed by atoms with E-state index in [-0.39, 0.29) is 11.9 Å². The summed E-state index contributed by atoms with van der Waals surface area (Å²) in [6.45, 7) is 6.65. The summed E-state index contributed by atoms with van der Waals surface area (Å²) in [5.74, 6) is -0.00154. The van der Waals surface area contributed by atoms with Gasteiger partial charge < -0.3 is 15.1 Å². The maximum absolute atomic E-state index is 13.1. The third-order valence-electron chi connectivity index (χ3n) is 6.22. The van der Waals surface area contributed by atoms with E-state index in [0.29, 0.717) is 25.2 Å². The molecule has 0 radical (unpaired) electrons. The van der Waals surface area contributed by atoms with E-state index in [0.717, 1.165) is 54.0 Å². The number of rotatable bonds is 2.